The van der Waals surface area contributed by atoms with E-state index in [2.05, 4.69) is 4.90 Å². The van der Waals surface area contributed by atoms with Gasteiger partial charge in [0.05, 0.1) is 0 Å². The highest BCUT2D eigenvalue weighted by Gasteiger charge is 2.41. The molecule has 0 aromatic heterocycles. The van der Waals surface area contributed by atoms with Crippen molar-refractivity contribution in [2.45, 2.75) is 51.0 Å². The van der Waals surface area contributed by atoms with E-state index < -0.39 is 0 Å². The maximum atomic E-state index is 12.4. The van der Waals surface area contributed by atoms with Crippen molar-refractivity contribution in [2.24, 2.45) is 23.5 Å². The molecule has 2 N–H and O–H groups in total. The van der Waals surface area contributed by atoms with Crippen LogP contribution < -0.4 is 5.73 Å². The first-order valence-electron chi connectivity index (χ1n) is 7.30. The molecular weight excluding hydrogens is 248 g/mol. The predicted molar refractivity (Wildman–Crippen MR) is 74.6 cm³/mol. The number of carbonyl (C=O) groups is 1. The minimum atomic E-state index is 0. The summed E-state index contributed by atoms with van der Waals surface area (Å²) in [4.78, 5) is 14.5. The van der Waals surface area contributed by atoms with Crippen LogP contribution in [-0.4, -0.2) is 29.9 Å². The van der Waals surface area contributed by atoms with Gasteiger partial charge in [0.2, 0.25) is 5.91 Å². The second-order valence-electron chi connectivity index (χ2n) is 6.23. The van der Waals surface area contributed by atoms with Crippen molar-refractivity contribution in [2.75, 3.05) is 13.1 Å². The maximum absolute atomic E-state index is 12.4. The van der Waals surface area contributed by atoms with Gasteiger partial charge in [0.25, 0.3) is 0 Å². The van der Waals surface area contributed by atoms with Gasteiger partial charge in [0.1, 0.15) is 0 Å². The summed E-state index contributed by atoms with van der Waals surface area (Å²) in [6, 6.07) is 0.381. The van der Waals surface area contributed by atoms with E-state index in [0.717, 1.165) is 25.9 Å². The zero-order chi connectivity index (χ0) is 11.8. The fraction of sp³-hybridized carbons (Fsp3) is 0.929. The van der Waals surface area contributed by atoms with E-state index >= 15 is 0 Å². The second kappa shape index (κ2) is 5.79. The molecule has 1 amide bonds. The van der Waals surface area contributed by atoms with E-state index in [1.807, 2.05) is 0 Å². The van der Waals surface area contributed by atoms with Crippen LogP contribution in [0.5, 0.6) is 0 Å². The molecule has 2 bridgehead atoms. The third-order valence-electron chi connectivity index (χ3n) is 5.18. The molecule has 2 aliphatic carbocycles. The summed E-state index contributed by atoms with van der Waals surface area (Å²) in [5, 5.41) is 0. The van der Waals surface area contributed by atoms with E-state index in [0.29, 0.717) is 29.7 Å². The molecule has 2 unspecified atom stereocenters. The Bertz CT molecular complexity index is 290. The molecule has 3 fully saturated rings. The lowest BCUT2D eigenvalue weighted by Gasteiger charge is -2.44. The number of likely N-dealkylation sites (tertiary alicyclic amines) is 1. The van der Waals surface area contributed by atoms with Crippen molar-refractivity contribution in [1.82, 2.24) is 4.90 Å². The smallest absolute Gasteiger partial charge is 0.225 e. The minimum absolute atomic E-state index is 0. The van der Waals surface area contributed by atoms with Crippen LogP contribution in [0.15, 0.2) is 0 Å². The monoisotopic (exact) mass is 272 g/mol. The van der Waals surface area contributed by atoms with Crippen molar-refractivity contribution < 1.29 is 4.79 Å². The lowest BCUT2D eigenvalue weighted by atomic mass is 9.65. The normalized spacial score (nSPS) is 39.3. The fourth-order valence-electron chi connectivity index (χ4n) is 4.19. The van der Waals surface area contributed by atoms with Crippen molar-refractivity contribution >= 4 is 18.3 Å². The zero-order valence-electron chi connectivity index (χ0n) is 11.0. The van der Waals surface area contributed by atoms with Gasteiger partial charge in [-0.3, -0.25) is 4.79 Å². The van der Waals surface area contributed by atoms with Crippen molar-refractivity contribution in [3.63, 3.8) is 0 Å². The summed E-state index contributed by atoms with van der Waals surface area (Å²) in [5.74, 6) is 1.98. The average molecular weight is 273 g/mol. The summed E-state index contributed by atoms with van der Waals surface area (Å²) < 4.78 is 0. The van der Waals surface area contributed by atoms with Crippen molar-refractivity contribution in [3.05, 3.63) is 0 Å². The van der Waals surface area contributed by atoms with Crippen LogP contribution >= 0.6 is 12.4 Å². The Labute approximate surface area is 116 Å². The van der Waals surface area contributed by atoms with Gasteiger partial charge in [-0.25, -0.2) is 0 Å². The largest absolute Gasteiger partial charge is 0.342 e. The lowest BCUT2D eigenvalue weighted by Crippen LogP contribution is -2.49. The predicted octanol–water partition coefficient (Wildman–Crippen LogP) is 2.18. The molecule has 18 heavy (non-hydrogen) atoms. The first kappa shape index (κ1) is 14.1. The Morgan fingerprint density at radius 2 is 1.56 bits per heavy atom. The molecule has 0 radical (unpaired) electrons. The number of carbonyl (C=O) groups excluding carboxylic acids is 1. The highest BCUT2D eigenvalue weighted by atomic mass is 35.5. The van der Waals surface area contributed by atoms with Crippen LogP contribution in [0.3, 0.4) is 0 Å². The summed E-state index contributed by atoms with van der Waals surface area (Å²) in [6.45, 7) is 1.99. The van der Waals surface area contributed by atoms with Gasteiger partial charge in [-0.2, -0.15) is 0 Å². The van der Waals surface area contributed by atoms with E-state index in [9.17, 15) is 4.79 Å². The minimum Gasteiger partial charge on any atom is -0.342 e. The number of hydrogen-bond donors (Lipinski definition) is 1. The Morgan fingerprint density at radius 1 is 1.00 bits per heavy atom. The van der Waals surface area contributed by atoms with Crippen LogP contribution in [-0.2, 0) is 4.79 Å². The first-order valence-corrected chi connectivity index (χ1v) is 7.30. The average Bonchev–Trinajstić information content (AvgIpc) is 2.81. The first-order chi connectivity index (χ1) is 8.25. The van der Waals surface area contributed by atoms with Gasteiger partial charge in [0.15, 0.2) is 0 Å². The van der Waals surface area contributed by atoms with Crippen molar-refractivity contribution in [3.8, 4) is 0 Å². The maximum Gasteiger partial charge on any atom is 0.225 e. The Balaban J connectivity index is 0.00000120. The highest BCUT2D eigenvalue weighted by Crippen LogP contribution is 2.42. The summed E-state index contributed by atoms with van der Waals surface area (Å²) >= 11 is 0. The molecular formula is C14H25ClN2O. The summed E-state index contributed by atoms with van der Waals surface area (Å²) in [5.41, 5.74) is 6.28. The van der Waals surface area contributed by atoms with Crippen LogP contribution in [0, 0.1) is 17.8 Å². The van der Waals surface area contributed by atoms with E-state index in [-0.39, 0.29) is 12.4 Å². The number of halogens is 1. The van der Waals surface area contributed by atoms with Gasteiger partial charge >= 0.3 is 0 Å². The summed E-state index contributed by atoms with van der Waals surface area (Å²) in [6.07, 6.45) is 8.35. The van der Waals surface area contributed by atoms with Crippen LogP contribution in [0.2, 0.25) is 0 Å². The number of fused-ring (bicyclic) bond motifs is 2. The van der Waals surface area contributed by atoms with E-state index in [1.54, 1.807) is 0 Å². The van der Waals surface area contributed by atoms with Gasteiger partial charge in [-0.1, -0.05) is 6.42 Å². The molecule has 3 aliphatic rings. The molecule has 0 aromatic carbocycles. The molecule has 2 saturated carbocycles. The van der Waals surface area contributed by atoms with Crippen LogP contribution in [0.4, 0.5) is 0 Å². The summed E-state index contributed by atoms with van der Waals surface area (Å²) in [7, 11) is 0. The molecule has 1 saturated heterocycles. The molecule has 0 aromatic rings. The van der Waals surface area contributed by atoms with E-state index in [1.165, 1.54) is 32.1 Å². The standard InChI is InChI=1S/C14H24N2O.ClH/c15-13-10-4-3-5-11(13)9-12(8-10)14(17)16-6-1-2-7-16;/h10-13H,1-9,15H2;1H. The Morgan fingerprint density at radius 3 is 2.11 bits per heavy atom. The third kappa shape index (κ3) is 2.53. The van der Waals surface area contributed by atoms with E-state index in [4.69, 9.17) is 5.73 Å². The van der Waals surface area contributed by atoms with Gasteiger partial charge in [0, 0.05) is 25.0 Å². The molecule has 1 heterocycles. The third-order valence-corrected chi connectivity index (χ3v) is 5.18. The number of nitrogens with zero attached hydrogens (tertiary/aromatic N) is 1. The highest BCUT2D eigenvalue weighted by molar-refractivity contribution is 5.85. The SMILES string of the molecule is Cl.NC1C2CCCC1CC(C(=O)N1CCCC1)C2. The Kier molecular flexibility index (Phi) is 4.54. The molecule has 3 nitrogen and oxygen atoms in total. The number of hydrogen-bond acceptors (Lipinski definition) is 2. The molecule has 2 atom stereocenters. The second-order valence-corrected chi connectivity index (χ2v) is 6.23. The zero-order valence-corrected chi connectivity index (χ0v) is 11.8. The van der Waals surface area contributed by atoms with Gasteiger partial charge in [-0.15, -0.1) is 12.4 Å². The molecule has 1 aliphatic heterocycles. The quantitative estimate of drug-likeness (QED) is 0.795. The fourth-order valence-corrected chi connectivity index (χ4v) is 4.19. The van der Waals surface area contributed by atoms with Gasteiger partial charge < -0.3 is 10.6 Å². The van der Waals surface area contributed by atoms with Crippen LogP contribution in [0.25, 0.3) is 0 Å². The molecule has 3 rings (SSSR count). The van der Waals surface area contributed by atoms with Gasteiger partial charge in [-0.05, 0) is 50.4 Å². The molecule has 104 valence electrons. The molecule has 0 spiro atoms. The number of amides is 1. The van der Waals surface area contributed by atoms with Crippen molar-refractivity contribution in [1.29, 1.82) is 0 Å². The number of nitrogens with two attached hydrogens (primary N) is 1. The lowest BCUT2D eigenvalue weighted by molar-refractivity contribution is -0.137. The van der Waals surface area contributed by atoms with Crippen LogP contribution in [0.1, 0.15) is 44.9 Å². The Hall–Kier alpha value is -0.280. The number of rotatable bonds is 1. The topological polar surface area (TPSA) is 46.3 Å². The molecule has 4 heteroatoms.